The summed E-state index contributed by atoms with van der Waals surface area (Å²) in [7, 11) is -0.763. The Morgan fingerprint density at radius 2 is 1.79 bits per heavy atom. The minimum absolute atomic E-state index is 0.197. The number of pyridine rings is 1. The molecule has 2 rings (SSSR count). The van der Waals surface area contributed by atoms with Gasteiger partial charge in [0.25, 0.3) is 0 Å². The Bertz CT molecular complexity index is 515. The molecule has 0 bridgehead atoms. The number of hydrogen-bond donors (Lipinski definition) is 0. The zero-order valence-electron chi connectivity index (χ0n) is 11.8. The minimum atomic E-state index is -0.763. The fourth-order valence-electron chi connectivity index (χ4n) is 1.90. The molecule has 1 aromatic rings. The van der Waals surface area contributed by atoms with Crippen LogP contribution in [-0.2, 0) is 9.31 Å². The fraction of sp³-hybridized carbons (Fsp3) is 0.538. The van der Waals surface area contributed by atoms with Crippen LogP contribution >= 0.6 is 0 Å². The molecule has 1 saturated heterocycles. The van der Waals surface area contributed by atoms with Gasteiger partial charge in [0.15, 0.2) is 5.78 Å². The highest BCUT2D eigenvalue weighted by Crippen LogP contribution is 2.36. The number of rotatable bonds is 2. The van der Waals surface area contributed by atoms with Gasteiger partial charge in [0.1, 0.15) is 0 Å². The van der Waals surface area contributed by atoms with Crippen molar-refractivity contribution < 1.29 is 18.5 Å². The third-order valence-corrected chi connectivity index (χ3v) is 3.79. The number of ketones is 1. The van der Waals surface area contributed by atoms with Crippen LogP contribution in [-0.4, -0.2) is 29.1 Å². The molecule has 1 aromatic heterocycles. The molecule has 0 saturated carbocycles. The molecule has 2 heterocycles. The van der Waals surface area contributed by atoms with Crippen molar-refractivity contribution >= 4 is 18.4 Å². The molecule has 102 valence electrons. The molecule has 0 radical (unpaired) electrons. The van der Waals surface area contributed by atoms with Gasteiger partial charge in [0, 0.05) is 11.8 Å². The second kappa shape index (κ2) is 4.39. The van der Waals surface area contributed by atoms with E-state index in [2.05, 4.69) is 4.98 Å². The maximum absolute atomic E-state index is 13.3. The summed E-state index contributed by atoms with van der Waals surface area (Å²) in [4.78, 5) is 15.1. The Morgan fingerprint density at radius 3 is 2.26 bits per heavy atom. The smallest absolute Gasteiger partial charge is 0.399 e. The molecule has 4 nitrogen and oxygen atoms in total. The SMILES string of the molecule is CC(=O)c1cnc(F)cc1B1OC(C)(C)C(C)(C)O1. The average Bonchev–Trinajstić information content (AvgIpc) is 2.47. The van der Waals surface area contributed by atoms with Gasteiger partial charge in [-0.05, 0) is 46.1 Å². The van der Waals surface area contributed by atoms with Gasteiger partial charge in [0.2, 0.25) is 5.95 Å². The lowest BCUT2D eigenvalue weighted by atomic mass is 9.76. The third-order valence-electron chi connectivity index (χ3n) is 3.79. The highest BCUT2D eigenvalue weighted by atomic mass is 19.1. The number of Topliss-reactive ketones (excluding diaryl/α,β-unsaturated/α-hetero) is 1. The van der Waals surface area contributed by atoms with Crippen molar-refractivity contribution in [3.05, 3.63) is 23.8 Å². The van der Waals surface area contributed by atoms with E-state index in [1.807, 2.05) is 27.7 Å². The number of carbonyl (C=O) groups is 1. The van der Waals surface area contributed by atoms with E-state index in [9.17, 15) is 9.18 Å². The quantitative estimate of drug-likeness (QED) is 0.464. The van der Waals surface area contributed by atoms with Crippen molar-refractivity contribution in [2.24, 2.45) is 0 Å². The average molecular weight is 265 g/mol. The second-order valence-corrected chi connectivity index (χ2v) is 5.74. The van der Waals surface area contributed by atoms with E-state index >= 15 is 0 Å². The van der Waals surface area contributed by atoms with Crippen molar-refractivity contribution in [3.8, 4) is 0 Å². The Kier molecular flexibility index (Phi) is 3.27. The number of hydrogen-bond acceptors (Lipinski definition) is 4. The van der Waals surface area contributed by atoms with Gasteiger partial charge >= 0.3 is 7.12 Å². The standard InChI is InChI=1S/C13H17BFNO3/c1-8(17)9-7-16-11(15)6-10(9)14-18-12(2,3)13(4,5)19-14/h6-7H,1-5H3. The summed E-state index contributed by atoms with van der Waals surface area (Å²) in [5.41, 5.74) is -0.365. The van der Waals surface area contributed by atoms with Crippen molar-refractivity contribution in [3.63, 3.8) is 0 Å². The lowest BCUT2D eigenvalue weighted by Gasteiger charge is -2.32. The predicted octanol–water partition coefficient (Wildman–Crippen LogP) is 1.72. The predicted molar refractivity (Wildman–Crippen MR) is 69.9 cm³/mol. The van der Waals surface area contributed by atoms with Gasteiger partial charge in [-0.1, -0.05) is 0 Å². The van der Waals surface area contributed by atoms with E-state index in [1.54, 1.807) is 0 Å². The van der Waals surface area contributed by atoms with E-state index in [4.69, 9.17) is 9.31 Å². The van der Waals surface area contributed by atoms with E-state index in [-0.39, 0.29) is 5.78 Å². The molecule has 0 spiro atoms. The molecule has 0 amide bonds. The molecule has 0 atom stereocenters. The Balaban J connectivity index is 2.44. The molecule has 0 N–H and O–H groups in total. The zero-order valence-corrected chi connectivity index (χ0v) is 11.8. The molecular formula is C13H17BFNO3. The Morgan fingerprint density at radius 1 is 1.26 bits per heavy atom. The molecule has 19 heavy (non-hydrogen) atoms. The lowest BCUT2D eigenvalue weighted by Crippen LogP contribution is -2.41. The van der Waals surface area contributed by atoms with Crippen LogP contribution in [0.25, 0.3) is 0 Å². The van der Waals surface area contributed by atoms with Crippen LogP contribution in [0.15, 0.2) is 12.3 Å². The summed E-state index contributed by atoms with van der Waals surface area (Å²) in [5.74, 6) is -0.855. The Hall–Kier alpha value is -1.27. The third kappa shape index (κ3) is 2.42. The first-order valence-corrected chi connectivity index (χ1v) is 6.16. The van der Waals surface area contributed by atoms with E-state index in [0.717, 1.165) is 0 Å². The number of halogens is 1. The van der Waals surface area contributed by atoms with Gasteiger partial charge in [-0.15, -0.1) is 0 Å². The summed E-state index contributed by atoms with van der Waals surface area (Å²) in [6.07, 6.45) is 1.22. The van der Waals surface area contributed by atoms with Crippen molar-refractivity contribution in [2.45, 2.75) is 45.8 Å². The van der Waals surface area contributed by atoms with Crippen LogP contribution in [0.5, 0.6) is 0 Å². The molecule has 1 aliphatic rings. The van der Waals surface area contributed by atoms with E-state index in [0.29, 0.717) is 11.0 Å². The largest absolute Gasteiger partial charge is 0.495 e. The van der Waals surface area contributed by atoms with Gasteiger partial charge in [0.05, 0.1) is 11.2 Å². The monoisotopic (exact) mass is 265 g/mol. The highest BCUT2D eigenvalue weighted by molar-refractivity contribution is 6.63. The van der Waals surface area contributed by atoms with Crippen LogP contribution in [0, 0.1) is 5.95 Å². The number of nitrogens with zero attached hydrogens (tertiary/aromatic N) is 1. The molecule has 0 aliphatic carbocycles. The molecule has 1 aliphatic heterocycles. The molecule has 0 aromatic carbocycles. The van der Waals surface area contributed by atoms with Gasteiger partial charge in [-0.3, -0.25) is 4.79 Å². The highest BCUT2D eigenvalue weighted by Gasteiger charge is 2.52. The first-order chi connectivity index (χ1) is 8.64. The van der Waals surface area contributed by atoms with Crippen molar-refractivity contribution in [1.29, 1.82) is 0 Å². The lowest BCUT2D eigenvalue weighted by molar-refractivity contribution is 0.00578. The van der Waals surface area contributed by atoms with Crippen LogP contribution in [0.2, 0.25) is 0 Å². The van der Waals surface area contributed by atoms with Gasteiger partial charge in [-0.2, -0.15) is 4.39 Å². The van der Waals surface area contributed by atoms with Crippen molar-refractivity contribution in [2.75, 3.05) is 0 Å². The minimum Gasteiger partial charge on any atom is -0.399 e. The normalized spacial score (nSPS) is 20.6. The molecular weight excluding hydrogens is 248 g/mol. The summed E-state index contributed by atoms with van der Waals surface area (Å²) >= 11 is 0. The molecule has 6 heteroatoms. The number of carbonyl (C=O) groups excluding carboxylic acids is 1. The van der Waals surface area contributed by atoms with Crippen molar-refractivity contribution in [1.82, 2.24) is 4.98 Å². The molecule has 0 unspecified atom stereocenters. The second-order valence-electron chi connectivity index (χ2n) is 5.74. The van der Waals surface area contributed by atoms with Crippen LogP contribution in [0.1, 0.15) is 45.0 Å². The van der Waals surface area contributed by atoms with Crippen LogP contribution < -0.4 is 5.46 Å². The Labute approximate surface area is 112 Å². The summed E-state index contributed by atoms with van der Waals surface area (Å²) in [5, 5.41) is 0. The molecule has 1 fully saturated rings. The summed E-state index contributed by atoms with van der Waals surface area (Å²) in [6.45, 7) is 9.01. The van der Waals surface area contributed by atoms with Gasteiger partial charge < -0.3 is 9.31 Å². The maximum atomic E-state index is 13.3. The first-order valence-electron chi connectivity index (χ1n) is 6.16. The first kappa shape index (κ1) is 14.2. The number of aromatic nitrogens is 1. The van der Waals surface area contributed by atoms with E-state index < -0.39 is 24.3 Å². The fourth-order valence-corrected chi connectivity index (χ4v) is 1.90. The van der Waals surface area contributed by atoms with Gasteiger partial charge in [-0.25, -0.2) is 4.98 Å². The maximum Gasteiger partial charge on any atom is 0.495 e. The van der Waals surface area contributed by atoms with Crippen LogP contribution in [0.3, 0.4) is 0 Å². The van der Waals surface area contributed by atoms with Crippen LogP contribution in [0.4, 0.5) is 4.39 Å². The van der Waals surface area contributed by atoms with E-state index in [1.165, 1.54) is 19.2 Å². The summed E-state index contributed by atoms with van der Waals surface area (Å²) in [6, 6.07) is 1.19. The zero-order chi connectivity index (χ0) is 14.4. The summed E-state index contributed by atoms with van der Waals surface area (Å²) < 4.78 is 25.0. The topological polar surface area (TPSA) is 48.4 Å².